The fraction of sp³-hybridized carbons (Fsp3) is 0.136. The van der Waals surface area contributed by atoms with Crippen molar-refractivity contribution < 1.29 is 4.79 Å². The van der Waals surface area contributed by atoms with Crippen molar-refractivity contribution in [3.8, 4) is 0 Å². The van der Waals surface area contributed by atoms with Crippen LogP contribution in [0.15, 0.2) is 84.9 Å². The molecule has 5 nitrogen and oxygen atoms in total. The summed E-state index contributed by atoms with van der Waals surface area (Å²) >= 11 is 0. The molecule has 0 aliphatic heterocycles. The molecule has 5 heteroatoms. The van der Waals surface area contributed by atoms with E-state index in [1.807, 2.05) is 72.8 Å². The lowest BCUT2D eigenvalue weighted by Gasteiger charge is -2.14. The maximum Gasteiger partial charge on any atom is 0.323 e. The second-order valence-corrected chi connectivity index (χ2v) is 6.08. The molecule has 0 aliphatic carbocycles. The fourth-order valence-electron chi connectivity index (χ4n) is 2.67. The third-order valence-corrected chi connectivity index (χ3v) is 4.00. The van der Waals surface area contributed by atoms with Crippen molar-refractivity contribution >= 4 is 23.1 Å². The van der Waals surface area contributed by atoms with Crippen molar-refractivity contribution in [3.63, 3.8) is 0 Å². The van der Waals surface area contributed by atoms with Crippen LogP contribution in [-0.2, 0) is 6.54 Å². The van der Waals surface area contributed by atoms with Crippen LogP contribution >= 0.6 is 0 Å². The quantitative estimate of drug-likeness (QED) is 0.446. The molecule has 0 saturated carbocycles. The van der Waals surface area contributed by atoms with Gasteiger partial charge in [0.2, 0.25) is 0 Å². The van der Waals surface area contributed by atoms with Gasteiger partial charge >= 0.3 is 6.03 Å². The van der Waals surface area contributed by atoms with Crippen molar-refractivity contribution in [3.05, 3.63) is 90.5 Å². The second kappa shape index (κ2) is 9.99. The van der Waals surface area contributed by atoms with Crippen LogP contribution in [0.4, 0.5) is 21.9 Å². The lowest BCUT2D eigenvalue weighted by atomic mass is 10.2. The first-order valence-corrected chi connectivity index (χ1v) is 9.02. The summed E-state index contributed by atoms with van der Waals surface area (Å²) in [6.07, 6.45) is 0. The molecule has 27 heavy (non-hydrogen) atoms. The van der Waals surface area contributed by atoms with E-state index in [1.165, 1.54) is 5.56 Å². The first-order valence-electron chi connectivity index (χ1n) is 9.02. The summed E-state index contributed by atoms with van der Waals surface area (Å²) in [6, 6.07) is 27.1. The molecule has 0 unspecified atom stereocenters. The fourth-order valence-corrected chi connectivity index (χ4v) is 2.67. The lowest BCUT2D eigenvalue weighted by Crippen LogP contribution is -2.23. The molecule has 3 aromatic rings. The van der Waals surface area contributed by atoms with E-state index in [1.54, 1.807) is 0 Å². The van der Waals surface area contributed by atoms with Crippen LogP contribution in [0, 0.1) is 0 Å². The zero-order valence-corrected chi connectivity index (χ0v) is 15.1. The Bertz CT molecular complexity index is 837. The Balaban J connectivity index is 1.46. The highest BCUT2D eigenvalue weighted by Crippen LogP contribution is 2.21. The average Bonchev–Trinajstić information content (AvgIpc) is 2.70. The van der Waals surface area contributed by atoms with Gasteiger partial charge in [0.25, 0.3) is 0 Å². The number of rotatable bonds is 8. The minimum Gasteiger partial charge on any atom is -0.382 e. The maximum absolute atomic E-state index is 12.2. The van der Waals surface area contributed by atoms with Gasteiger partial charge in [-0.25, -0.2) is 4.79 Å². The van der Waals surface area contributed by atoms with Crippen LogP contribution in [0.3, 0.4) is 0 Å². The third kappa shape index (κ3) is 6.17. The topological polar surface area (TPSA) is 65.2 Å². The molecule has 3 aromatic carbocycles. The molecule has 4 N–H and O–H groups in total. The van der Waals surface area contributed by atoms with Gasteiger partial charge in [-0.3, -0.25) is 0 Å². The molecule has 2 amide bonds. The largest absolute Gasteiger partial charge is 0.382 e. The molecule has 0 spiro atoms. The number of urea groups is 1. The zero-order valence-electron chi connectivity index (χ0n) is 15.1. The summed E-state index contributed by atoms with van der Waals surface area (Å²) in [7, 11) is 0. The zero-order chi connectivity index (χ0) is 18.7. The van der Waals surface area contributed by atoms with E-state index in [2.05, 4.69) is 33.4 Å². The van der Waals surface area contributed by atoms with Crippen molar-refractivity contribution in [2.45, 2.75) is 6.54 Å². The highest BCUT2D eigenvalue weighted by Gasteiger charge is 2.06. The molecule has 0 aliphatic rings. The standard InChI is InChI=1S/C22H24N4O/c27-22(25-19-11-5-2-6-12-19)26-21-14-8-7-13-20(21)24-16-15-23-17-18-9-3-1-4-10-18/h1-14,23-24H,15-17H2,(H2,25,26,27). The molecule has 0 saturated heterocycles. The Morgan fingerprint density at radius 1 is 0.667 bits per heavy atom. The van der Waals surface area contributed by atoms with E-state index in [0.29, 0.717) is 0 Å². The summed E-state index contributed by atoms with van der Waals surface area (Å²) in [5.41, 5.74) is 3.65. The van der Waals surface area contributed by atoms with Crippen LogP contribution in [0.2, 0.25) is 0 Å². The van der Waals surface area contributed by atoms with Crippen molar-refractivity contribution in [2.75, 3.05) is 29.0 Å². The monoisotopic (exact) mass is 360 g/mol. The van der Waals surface area contributed by atoms with E-state index in [0.717, 1.165) is 36.7 Å². The predicted octanol–water partition coefficient (Wildman–Crippen LogP) is 4.53. The van der Waals surface area contributed by atoms with Crippen LogP contribution in [0.5, 0.6) is 0 Å². The second-order valence-electron chi connectivity index (χ2n) is 6.08. The number of carbonyl (C=O) groups is 1. The summed E-state index contributed by atoms with van der Waals surface area (Å²) in [6.45, 7) is 2.41. The number of carbonyl (C=O) groups excluding carboxylic acids is 1. The van der Waals surface area contributed by atoms with Gasteiger partial charge in [-0.15, -0.1) is 0 Å². The molecule has 0 heterocycles. The highest BCUT2D eigenvalue weighted by atomic mass is 16.2. The molecule has 0 radical (unpaired) electrons. The molecular weight excluding hydrogens is 336 g/mol. The number of nitrogens with one attached hydrogen (secondary N) is 4. The summed E-state index contributed by atoms with van der Waals surface area (Å²) in [5.74, 6) is 0. The van der Waals surface area contributed by atoms with Gasteiger partial charge in [0.1, 0.15) is 0 Å². The SMILES string of the molecule is O=C(Nc1ccccc1)Nc1ccccc1NCCNCc1ccccc1. The number of hydrogen-bond donors (Lipinski definition) is 4. The normalized spacial score (nSPS) is 10.2. The van der Waals surface area contributed by atoms with E-state index in [4.69, 9.17) is 0 Å². The molecule has 138 valence electrons. The highest BCUT2D eigenvalue weighted by molar-refractivity contribution is 6.01. The number of amides is 2. The minimum absolute atomic E-state index is 0.266. The molecule has 0 bridgehead atoms. The first kappa shape index (κ1) is 18.5. The number of hydrogen-bond acceptors (Lipinski definition) is 3. The van der Waals surface area contributed by atoms with Gasteiger partial charge < -0.3 is 21.3 Å². The summed E-state index contributed by atoms with van der Waals surface area (Å²) in [4.78, 5) is 12.2. The Kier molecular flexibility index (Phi) is 6.84. The molecule has 3 rings (SSSR count). The number of anilines is 3. The number of benzene rings is 3. The Hall–Kier alpha value is -3.31. The minimum atomic E-state index is -0.266. The third-order valence-electron chi connectivity index (χ3n) is 4.00. The van der Waals surface area contributed by atoms with Gasteiger partial charge in [0.15, 0.2) is 0 Å². The molecule has 0 aromatic heterocycles. The van der Waals surface area contributed by atoms with Gasteiger partial charge in [-0.2, -0.15) is 0 Å². The van der Waals surface area contributed by atoms with E-state index in [9.17, 15) is 4.79 Å². The number of para-hydroxylation sites is 3. The van der Waals surface area contributed by atoms with E-state index >= 15 is 0 Å². The average molecular weight is 360 g/mol. The Labute approximate surface area is 159 Å². The molecule has 0 fully saturated rings. The van der Waals surface area contributed by atoms with Crippen LogP contribution in [-0.4, -0.2) is 19.1 Å². The first-order chi connectivity index (χ1) is 13.3. The molecular formula is C22H24N4O. The Morgan fingerprint density at radius 3 is 2.04 bits per heavy atom. The van der Waals surface area contributed by atoms with E-state index in [-0.39, 0.29) is 6.03 Å². The summed E-state index contributed by atoms with van der Waals surface area (Å²) in [5, 5.41) is 12.5. The summed E-state index contributed by atoms with van der Waals surface area (Å²) < 4.78 is 0. The predicted molar refractivity (Wildman–Crippen MR) is 112 cm³/mol. The van der Waals surface area contributed by atoms with Crippen molar-refractivity contribution in [1.29, 1.82) is 0 Å². The van der Waals surface area contributed by atoms with Crippen LogP contribution in [0.25, 0.3) is 0 Å². The maximum atomic E-state index is 12.2. The smallest absolute Gasteiger partial charge is 0.323 e. The van der Waals surface area contributed by atoms with Gasteiger partial charge in [0.05, 0.1) is 11.4 Å². The van der Waals surface area contributed by atoms with Crippen LogP contribution < -0.4 is 21.3 Å². The Morgan fingerprint density at radius 2 is 1.30 bits per heavy atom. The van der Waals surface area contributed by atoms with Gasteiger partial charge in [0, 0.05) is 25.3 Å². The van der Waals surface area contributed by atoms with Crippen LogP contribution in [0.1, 0.15) is 5.56 Å². The van der Waals surface area contributed by atoms with Crippen molar-refractivity contribution in [2.24, 2.45) is 0 Å². The van der Waals surface area contributed by atoms with Crippen molar-refractivity contribution in [1.82, 2.24) is 5.32 Å². The van der Waals surface area contributed by atoms with Gasteiger partial charge in [-0.1, -0.05) is 60.7 Å². The lowest BCUT2D eigenvalue weighted by molar-refractivity contribution is 0.262. The van der Waals surface area contributed by atoms with E-state index < -0.39 is 0 Å². The van der Waals surface area contributed by atoms with Gasteiger partial charge in [-0.05, 0) is 29.8 Å². The molecule has 0 atom stereocenters.